The second-order valence-corrected chi connectivity index (χ2v) is 6.04. The zero-order chi connectivity index (χ0) is 14.1. The molecule has 1 N–H and O–H groups in total. The molecule has 0 atom stereocenters. The van der Waals surface area contributed by atoms with Crippen LogP contribution in [0.2, 0.25) is 10.0 Å². The van der Waals surface area contributed by atoms with E-state index in [9.17, 15) is 0 Å². The summed E-state index contributed by atoms with van der Waals surface area (Å²) in [5.74, 6) is 1.51. The molecule has 0 aliphatic carbocycles. The SMILES string of the molecule is Clc1cc(Cl)cc(NCc2cc3c(cc2Br)OCO3)c1. The topological polar surface area (TPSA) is 30.5 Å². The van der Waals surface area contributed by atoms with Gasteiger partial charge in [0, 0.05) is 26.8 Å². The Morgan fingerprint density at radius 1 is 1.00 bits per heavy atom. The highest BCUT2D eigenvalue weighted by atomic mass is 79.9. The molecule has 0 spiro atoms. The normalized spacial score (nSPS) is 12.6. The van der Waals surface area contributed by atoms with Crippen molar-refractivity contribution >= 4 is 44.8 Å². The molecule has 3 rings (SSSR count). The highest BCUT2D eigenvalue weighted by molar-refractivity contribution is 9.10. The molecule has 2 aromatic carbocycles. The van der Waals surface area contributed by atoms with Crippen molar-refractivity contribution in [2.45, 2.75) is 6.54 Å². The third-order valence-electron chi connectivity index (χ3n) is 2.89. The van der Waals surface area contributed by atoms with Gasteiger partial charge in [-0.2, -0.15) is 0 Å². The molecule has 6 heteroatoms. The number of halogens is 3. The first kappa shape index (κ1) is 13.9. The number of benzene rings is 2. The number of rotatable bonds is 3. The molecule has 0 bridgehead atoms. The summed E-state index contributed by atoms with van der Waals surface area (Å²) >= 11 is 15.5. The van der Waals surface area contributed by atoms with E-state index in [0.717, 1.165) is 27.2 Å². The van der Waals surface area contributed by atoms with Gasteiger partial charge in [-0.3, -0.25) is 0 Å². The van der Waals surface area contributed by atoms with E-state index in [4.69, 9.17) is 32.7 Å². The maximum Gasteiger partial charge on any atom is 0.231 e. The third kappa shape index (κ3) is 2.97. The Balaban J connectivity index is 1.78. The Morgan fingerprint density at radius 2 is 1.65 bits per heavy atom. The van der Waals surface area contributed by atoms with Gasteiger partial charge in [0.1, 0.15) is 0 Å². The molecule has 2 aromatic rings. The summed E-state index contributed by atoms with van der Waals surface area (Å²) in [7, 11) is 0. The summed E-state index contributed by atoms with van der Waals surface area (Å²) in [6.07, 6.45) is 0. The highest BCUT2D eigenvalue weighted by Crippen LogP contribution is 2.37. The summed E-state index contributed by atoms with van der Waals surface area (Å²) in [6.45, 7) is 0.885. The Bertz CT molecular complexity index is 644. The van der Waals surface area contributed by atoms with Crippen LogP contribution in [0.25, 0.3) is 0 Å². The number of fused-ring (bicyclic) bond motifs is 1. The Morgan fingerprint density at radius 3 is 2.35 bits per heavy atom. The van der Waals surface area contributed by atoms with E-state index in [2.05, 4.69) is 21.2 Å². The number of anilines is 1. The summed E-state index contributed by atoms with van der Waals surface area (Å²) < 4.78 is 11.7. The van der Waals surface area contributed by atoms with E-state index in [-0.39, 0.29) is 6.79 Å². The van der Waals surface area contributed by atoms with Crippen molar-refractivity contribution in [3.63, 3.8) is 0 Å². The summed E-state index contributed by atoms with van der Waals surface area (Å²) in [4.78, 5) is 0. The largest absolute Gasteiger partial charge is 0.454 e. The van der Waals surface area contributed by atoms with Crippen LogP contribution in [0, 0.1) is 0 Å². The molecule has 0 fully saturated rings. The van der Waals surface area contributed by atoms with Crippen LogP contribution in [0.1, 0.15) is 5.56 Å². The fourth-order valence-electron chi connectivity index (χ4n) is 1.95. The van der Waals surface area contributed by atoms with Crippen LogP contribution < -0.4 is 14.8 Å². The van der Waals surface area contributed by atoms with E-state index in [1.54, 1.807) is 6.07 Å². The summed E-state index contributed by atoms with van der Waals surface area (Å²) in [6, 6.07) is 9.21. The highest BCUT2D eigenvalue weighted by Gasteiger charge is 2.16. The third-order valence-corrected chi connectivity index (χ3v) is 4.06. The zero-order valence-corrected chi connectivity index (χ0v) is 13.3. The van der Waals surface area contributed by atoms with Crippen LogP contribution >= 0.6 is 39.1 Å². The lowest BCUT2D eigenvalue weighted by molar-refractivity contribution is 0.174. The number of nitrogens with one attached hydrogen (secondary N) is 1. The van der Waals surface area contributed by atoms with E-state index in [1.165, 1.54) is 0 Å². The van der Waals surface area contributed by atoms with Gasteiger partial charge in [-0.25, -0.2) is 0 Å². The molecule has 0 saturated heterocycles. The van der Waals surface area contributed by atoms with Crippen molar-refractivity contribution in [2.24, 2.45) is 0 Å². The molecule has 1 aliphatic rings. The molecule has 3 nitrogen and oxygen atoms in total. The lowest BCUT2D eigenvalue weighted by Gasteiger charge is -2.10. The second-order valence-electron chi connectivity index (χ2n) is 4.31. The molecule has 1 aliphatic heterocycles. The lowest BCUT2D eigenvalue weighted by atomic mass is 10.2. The Labute approximate surface area is 134 Å². The van der Waals surface area contributed by atoms with Crippen molar-refractivity contribution in [1.82, 2.24) is 0 Å². The molecule has 0 amide bonds. The van der Waals surface area contributed by atoms with E-state index >= 15 is 0 Å². The van der Waals surface area contributed by atoms with Gasteiger partial charge in [0.2, 0.25) is 6.79 Å². The van der Waals surface area contributed by atoms with Gasteiger partial charge < -0.3 is 14.8 Å². The molecule has 20 heavy (non-hydrogen) atoms. The van der Waals surface area contributed by atoms with Crippen molar-refractivity contribution in [1.29, 1.82) is 0 Å². The molecular formula is C14H10BrCl2NO2. The first-order valence-electron chi connectivity index (χ1n) is 5.90. The van der Waals surface area contributed by atoms with Gasteiger partial charge in [-0.1, -0.05) is 39.1 Å². The minimum absolute atomic E-state index is 0.266. The summed E-state index contributed by atoms with van der Waals surface area (Å²) in [5.41, 5.74) is 1.93. The van der Waals surface area contributed by atoms with Gasteiger partial charge in [0.25, 0.3) is 0 Å². The van der Waals surface area contributed by atoms with Gasteiger partial charge in [-0.15, -0.1) is 0 Å². The van der Waals surface area contributed by atoms with Gasteiger partial charge in [-0.05, 0) is 35.9 Å². The van der Waals surface area contributed by atoms with Crippen molar-refractivity contribution in [3.05, 3.63) is 50.4 Å². The minimum atomic E-state index is 0.266. The maximum absolute atomic E-state index is 5.97. The fourth-order valence-corrected chi connectivity index (χ4v) is 2.94. The van der Waals surface area contributed by atoms with Crippen LogP contribution in [0.5, 0.6) is 11.5 Å². The standard InChI is InChI=1S/C14H10BrCl2NO2/c15-12-5-14-13(19-7-20-14)1-8(12)6-18-11-3-9(16)2-10(17)4-11/h1-5,18H,6-7H2. The minimum Gasteiger partial charge on any atom is -0.454 e. The zero-order valence-electron chi connectivity index (χ0n) is 10.3. The smallest absolute Gasteiger partial charge is 0.231 e. The average molecular weight is 375 g/mol. The van der Waals surface area contributed by atoms with Crippen LogP contribution in [0.15, 0.2) is 34.8 Å². The monoisotopic (exact) mass is 373 g/mol. The average Bonchev–Trinajstić information content (AvgIpc) is 2.81. The second kappa shape index (κ2) is 5.72. The lowest BCUT2D eigenvalue weighted by Crippen LogP contribution is -2.00. The van der Waals surface area contributed by atoms with Crippen molar-refractivity contribution in [3.8, 4) is 11.5 Å². The van der Waals surface area contributed by atoms with E-state index in [0.29, 0.717) is 16.6 Å². The maximum atomic E-state index is 5.97. The van der Waals surface area contributed by atoms with Crippen LogP contribution in [-0.2, 0) is 6.54 Å². The first-order chi connectivity index (χ1) is 9.61. The number of ether oxygens (including phenoxy) is 2. The fraction of sp³-hybridized carbons (Fsp3) is 0.143. The van der Waals surface area contributed by atoms with Crippen LogP contribution in [-0.4, -0.2) is 6.79 Å². The Kier molecular flexibility index (Phi) is 3.96. The van der Waals surface area contributed by atoms with Crippen molar-refractivity contribution in [2.75, 3.05) is 12.1 Å². The quantitative estimate of drug-likeness (QED) is 0.810. The van der Waals surface area contributed by atoms with E-state index in [1.807, 2.05) is 24.3 Å². The van der Waals surface area contributed by atoms with Gasteiger partial charge in [0.15, 0.2) is 11.5 Å². The van der Waals surface area contributed by atoms with Crippen molar-refractivity contribution < 1.29 is 9.47 Å². The molecule has 0 unspecified atom stereocenters. The van der Waals surface area contributed by atoms with Crippen LogP contribution in [0.4, 0.5) is 5.69 Å². The molecular weight excluding hydrogens is 365 g/mol. The van der Waals surface area contributed by atoms with E-state index < -0.39 is 0 Å². The molecule has 0 aromatic heterocycles. The summed E-state index contributed by atoms with van der Waals surface area (Å²) in [5, 5.41) is 4.48. The van der Waals surface area contributed by atoms with Gasteiger partial charge >= 0.3 is 0 Å². The number of hydrogen-bond donors (Lipinski definition) is 1. The number of hydrogen-bond acceptors (Lipinski definition) is 3. The predicted molar refractivity (Wildman–Crippen MR) is 84.1 cm³/mol. The molecule has 0 saturated carbocycles. The van der Waals surface area contributed by atoms with Gasteiger partial charge in [0.05, 0.1) is 0 Å². The molecule has 1 heterocycles. The van der Waals surface area contributed by atoms with Crippen LogP contribution in [0.3, 0.4) is 0 Å². The Hall–Kier alpha value is -1.10. The molecule has 104 valence electrons. The first-order valence-corrected chi connectivity index (χ1v) is 7.45. The molecule has 0 radical (unpaired) electrons. The predicted octanol–water partition coefficient (Wildman–Crippen LogP) is 5.10.